The first-order chi connectivity index (χ1) is 18.9. The molecule has 2 aliphatic rings. The number of carbonyl (C=O) groups excluding carboxylic acids is 2. The lowest BCUT2D eigenvalue weighted by atomic mass is 10.0. The molecule has 0 bridgehead atoms. The molecule has 13 heteroatoms. The second kappa shape index (κ2) is 10.1. The van der Waals surface area contributed by atoms with Crippen molar-refractivity contribution in [3.05, 3.63) is 51.8 Å². The maximum atomic E-state index is 14.9. The third-order valence-corrected chi connectivity index (χ3v) is 7.05. The summed E-state index contributed by atoms with van der Waals surface area (Å²) in [6, 6.07) is 2.11. The number of fused-ring (bicyclic) bond motifs is 2. The molecule has 0 aromatic carbocycles. The number of carbonyl (C=O) groups is 2. The van der Waals surface area contributed by atoms with Gasteiger partial charge in [-0.15, -0.1) is 5.10 Å². The maximum absolute atomic E-state index is 14.9. The third-order valence-electron chi connectivity index (χ3n) is 7.05. The topological polar surface area (TPSA) is 146 Å². The Morgan fingerprint density at radius 3 is 2.77 bits per heavy atom. The third kappa shape index (κ3) is 5.32. The molecular formula is C27H34FN7O5. The van der Waals surface area contributed by atoms with E-state index in [0.29, 0.717) is 23.8 Å². The SMILES string of the molecule is CCOC(=O)c1c(N)nn2ccc(N3CC4CC4C3c3cc(F)cn(C[C@@H](C)NC(=O)OC(C)(C)C)c3=O)nc12. The van der Waals surface area contributed by atoms with Crippen molar-refractivity contribution in [3.8, 4) is 0 Å². The Kier molecular flexibility index (Phi) is 6.92. The number of esters is 1. The molecule has 1 aliphatic heterocycles. The molecule has 0 radical (unpaired) electrons. The molecule has 4 heterocycles. The number of amides is 1. The zero-order valence-electron chi connectivity index (χ0n) is 23.2. The Morgan fingerprint density at radius 2 is 2.08 bits per heavy atom. The molecule has 5 rings (SSSR count). The summed E-state index contributed by atoms with van der Waals surface area (Å²) in [6.07, 6.45) is 3.10. The Hall–Kier alpha value is -4.16. The molecule has 1 saturated carbocycles. The van der Waals surface area contributed by atoms with Gasteiger partial charge in [0.05, 0.1) is 12.6 Å². The van der Waals surface area contributed by atoms with Gasteiger partial charge in [0.15, 0.2) is 11.5 Å². The second-order valence-corrected chi connectivity index (χ2v) is 11.4. The number of aromatic nitrogens is 4. The van der Waals surface area contributed by atoms with Gasteiger partial charge in [-0.3, -0.25) is 4.79 Å². The maximum Gasteiger partial charge on any atom is 0.407 e. The molecule has 3 aromatic heterocycles. The summed E-state index contributed by atoms with van der Waals surface area (Å²) < 4.78 is 28.0. The lowest BCUT2D eigenvalue weighted by Crippen LogP contribution is -2.42. The van der Waals surface area contributed by atoms with E-state index in [-0.39, 0.29) is 41.7 Å². The van der Waals surface area contributed by atoms with Crippen molar-refractivity contribution < 1.29 is 23.5 Å². The molecule has 1 amide bonds. The number of ether oxygens (including phenoxy) is 2. The van der Waals surface area contributed by atoms with Crippen molar-refractivity contribution in [1.29, 1.82) is 0 Å². The first kappa shape index (κ1) is 27.4. The van der Waals surface area contributed by atoms with Crippen LogP contribution in [-0.4, -0.2) is 56.0 Å². The number of hydrogen-bond acceptors (Lipinski definition) is 9. The van der Waals surface area contributed by atoms with Crippen molar-refractivity contribution in [1.82, 2.24) is 24.5 Å². The number of piperidine rings is 1. The highest BCUT2D eigenvalue weighted by atomic mass is 19.1. The van der Waals surface area contributed by atoms with Gasteiger partial charge in [0.25, 0.3) is 5.56 Å². The van der Waals surface area contributed by atoms with Gasteiger partial charge in [0.1, 0.15) is 22.8 Å². The molecule has 40 heavy (non-hydrogen) atoms. The number of halogens is 1. The molecule has 0 spiro atoms. The van der Waals surface area contributed by atoms with Crippen LogP contribution in [0.3, 0.4) is 0 Å². The lowest BCUT2D eigenvalue weighted by Gasteiger charge is -2.29. The van der Waals surface area contributed by atoms with Gasteiger partial charge in [-0.2, -0.15) is 0 Å². The molecule has 2 fully saturated rings. The number of nitrogens with zero attached hydrogens (tertiary/aromatic N) is 5. The molecule has 1 saturated heterocycles. The quantitative estimate of drug-likeness (QED) is 0.420. The predicted molar refractivity (Wildman–Crippen MR) is 145 cm³/mol. The van der Waals surface area contributed by atoms with E-state index in [1.54, 1.807) is 46.9 Å². The van der Waals surface area contributed by atoms with E-state index < -0.39 is 35.6 Å². The summed E-state index contributed by atoms with van der Waals surface area (Å²) >= 11 is 0. The molecule has 12 nitrogen and oxygen atoms in total. The number of nitrogens with one attached hydrogen (secondary N) is 1. The van der Waals surface area contributed by atoms with E-state index in [9.17, 15) is 18.8 Å². The molecule has 4 atom stereocenters. The average Bonchev–Trinajstić information content (AvgIpc) is 3.37. The van der Waals surface area contributed by atoms with Crippen molar-refractivity contribution in [2.45, 2.75) is 65.3 Å². The summed E-state index contributed by atoms with van der Waals surface area (Å²) in [7, 11) is 0. The number of rotatable bonds is 7. The highest BCUT2D eigenvalue weighted by Crippen LogP contribution is 2.56. The summed E-state index contributed by atoms with van der Waals surface area (Å²) in [5.41, 5.74) is 5.60. The van der Waals surface area contributed by atoms with Crippen LogP contribution < -0.4 is 21.5 Å². The van der Waals surface area contributed by atoms with Crippen LogP contribution >= 0.6 is 0 Å². The van der Waals surface area contributed by atoms with Crippen LogP contribution in [0.2, 0.25) is 0 Å². The van der Waals surface area contributed by atoms with Crippen LogP contribution in [-0.2, 0) is 16.0 Å². The first-order valence-corrected chi connectivity index (χ1v) is 13.3. The summed E-state index contributed by atoms with van der Waals surface area (Å²) in [6.45, 7) is 9.54. The van der Waals surface area contributed by atoms with E-state index in [0.717, 1.165) is 12.6 Å². The van der Waals surface area contributed by atoms with Crippen LogP contribution in [0, 0.1) is 17.7 Å². The van der Waals surface area contributed by atoms with Crippen LogP contribution in [0.15, 0.2) is 29.3 Å². The monoisotopic (exact) mass is 555 g/mol. The van der Waals surface area contributed by atoms with Crippen molar-refractivity contribution in [2.75, 3.05) is 23.8 Å². The second-order valence-electron chi connectivity index (χ2n) is 11.4. The van der Waals surface area contributed by atoms with Crippen LogP contribution in [0.1, 0.15) is 63.0 Å². The summed E-state index contributed by atoms with van der Waals surface area (Å²) in [4.78, 5) is 45.0. The fourth-order valence-electron chi connectivity index (χ4n) is 5.41. The van der Waals surface area contributed by atoms with E-state index in [1.807, 2.05) is 4.90 Å². The van der Waals surface area contributed by atoms with Gasteiger partial charge in [-0.25, -0.2) is 23.5 Å². The lowest BCUT2D eigenvalue weighted by molar-refractivity contribution is 0.0500. The van der Waals surface area contributed by atoms with Crippen molar-refractivity contribution in [3.63, 3.8) is 0 Å². The predicted octanol–water partition coefficient (Wildman–Crippen LogP) is 2.90. The van der Waals surface area contributed by atoms with Gasteiger partial charge < -0.3 is 30.0 Å². The van der Waals surface area contributed by atoms with Crippen molar-refractivity contribution >= 4 is 29.3 Å². The highest BCUT2D eigenvalue weighted by Gasteiger charge is 2.54. The number of alkyl carbamates (subject to hydrolysis) is 1. The summed E-state index contributed by atoms with van der Waals surface area (Å²) in [5.74, 6) is -0.150. The van der Waals surface area contributed by atoms with E-state index in [4.69, 9.17) is 15.2 Å². The number of nitrogens with two attached hydrogens (primary N) is 1. The van der Waals surface area contributed by atoms with Crippen LogP contribution in [0.4, 0.5) is 20.8 Å². The summed E-state index contributed by atoms with van der Waals surface area (Å²) in [5, 5.41) is 6.86. The molecular weight excluding hydrogens is 521 g/mol. The Labute approximate surface area is 230 Å². The normalized spacial score (nSPS) is 20.8. The fourth-order valence-corrected chi connectivity index (χ4v) is 5.41. The number of anilines is 2. The first-order valence-electron chi connectivity index (χ1n) is 13.3. The Bertz CT molecular complexity index is 1530. The number of hydrogen-bond donors (Lipinski definition) is 2. The number of pyridine rings is 1. The standard InChI is InChI=1S/C27H34FN7O5/c1-6-39-25(37)20-22(29)32-35-8-7-19(31-23(20)35)34-12-15-9-17(15)21(34)18-10-16(28)13-33(24(18)36)11-14(2)30-26(38)40-27(3,4)5/h7-8,10,13-15,17,21H,6,9,11-12H2,1-5H3,(H2,29,32)(H,30,38)/t14-,15?,17?,21?/m1/s1. The van der Waals surface area contributed by atoms with Gasteiger partial charge in [0.2, 0.25) is 0 Å². The van der Waals surface area contributed by atoms with Crippen LogP contribution in [0.5, 0.6) is 0 Å². The highest BCUT2D eigenvalue weighted by molar-refractivity contribution is 6.00. The van der Waals surface area contributed by atoms with E-state index >= 15 is 0 Å². The molecule has 3 aromatic rings. The average molecular weight is 556 g/mol. The van der Waals surface area contributed by atoms with Gasteiger partial charge in [-0.05, 0) is 65.0 Å². The minimum absolute atomic E-state index is 0.00560. The molecule has 1 aliphatic carbocycles. The Balaban J connectivity index is 1.45. The zero-order valence-corrected chi connectivity index (χ0v) is 23.2. The minimum Gasteiger partial charge on any atom is -0.462 e. The number of nitrogen functional groups attached to an aromatic ring is 1. The zero-order chi connectivity index (χ0) is 28.9. The Morgan fingerprint density at radius 1 is 1.32 bits per heavy atom. The fraction of sp³-hybridized carbons (Fsp3) is 0.519. The van der Waals surface area contributed by atoms with Crippen molar-refractivity contribution in [2.24, 2.45) is 11.8 Å². The van der Waals surface area contributed by atoms with E-state index in [1.165, 1.54) is 15.1 Å². The molecule has 3 N–H and O–H groups in total. The van der Waals surface area contributed by atoms with Gasteiger partial charge >= 0.3 is 12.1 Å². The largest absolute Gasteiger partial charge is 0.462 e. The smallest absolute Gasteiger partial charge is 0.407 e. The van der Waals surface area contributed by atoms with Gasteiger partial charge in [0, 0.05) is 37.1 Å². The van der Waals surface area contributed by atoms with Crippen LogP contribution in [0.25, 0.3) is 5.65 Å². The molecule has 3 unspecified atom stereocenters. The van der Waals surface area contributed by atoms with E-state index in [2.05, 4.69) is 15.4 Å². The molecule has 214 valence electrons. The van der Waals surface area contributed by atoms with Gasteiger partial charge in [-0.1, -0.05) is 0 Å². The minimum atomic E-state index is -0.670.